The Balaban J connectivity index is 2.29. The fraction of sp³-hybridized carbons (Fsp3) is 0.125. The van der Waals surface area contributed by atoms with Crippen LogP contribution < -0.4 is 4.31 Å². The van der Waals surface area contributed by atoms with Gasteiger partial charge in [0, 0.05) is 6.20 Å². The van der Waals surface area contributed by atoms with Gasteiger partial charge in [-0.15, -0.1) is 0 Å². The SMILES string of the molecule is O=C1CSN(c2cccnc2)C1=O. The van der Waals surface area contributed by atoms with Gasteiger partial charge in [0.25, 0.3) is 0 Å². The molecule has 66 valence electrons. The molecule has 4 nitrogen and oxygen atoms in total. The second kappa shape index (κ2) is 3.18. The number of ketones is 1. The number of Topliss-reactive ketones (excluding diaryl/α,β-unsaturated/α-hetero) is 1. The molecule has 2 heterocycles. The Morgan fingerprint density at radius 3 is 2.85 bits per heavy atom. The van der Waals surface area contributed by atoms with Gasteiger partial charge in [-0.1, -0.05) is 0 Å². The Labute approximate surface area is 79.1 Å². The van der Waals surface area contributed by atoms with E-state index in [9.17, 15) is 9.59 Å². The smallest absolute Gasteiger partial charge is 0.288 e. The highest BCUT2D eigenvalue weighted by Crippen LogP contribution is 2.26. The van der Waals surface area contributed by atoms with E-state index in [1.807, 2.05) is 0 Å². The molecule has 1 aliphatic rings. The van der Waals surface area contributed by atoms with Crippen molar-refractivity contribution in [3.05, 3.63) is 24.5 Å². The first-order valence-corrected chi connectivity index (χ1v) is 4.63. The molecule has 0 aromatic carbocycles. The molecule has 2 rings (SSSR count). The summed E-state index contributed by atoms with van der Waals surface area (Å²) in [7, 11) is 0. The molecule has 1 aromatic heterocycles. The summed E-state index contributed by atoms with van der Waals surface area (Å²) in [5, 5.41) is 0. The zero-order valence-corrected chi connectivity index (χ0v) is 7.45. The maximum atomic E-state index is 11.2. The second-order valence-electron chi connectivity index (χ2n) is 2.51. The summed E-state index contributed by atoms with van der Waals surface area (Å²) < 4.78 is 1.37. The Kier molecular flexibility index (Phi) is 2.02. The molecule has 1 saturated heterocycles. The van der Waals surface area contributed by atoms with E-state index in [1.165, 1.54) is 16.3 Å². The molecule has 5 heteroatoms. The van der Waals surface area contributed by atoms with Crippen molar-refractivity contribution in [3.63, 3.8) is 0 Å². The van der Waals surface area contributed by atoms with Crippen LogP contribution in [0.1, 0.15) is 0 Å². The van der Waals surface area contributed by atoms with Gasteiger partial charge < -0.3 is 0 Å². The Bertz CT molecular complexity index is 352. The van der Waals surface area contributed by atoms with E-state index in [-0.39, 0.29) is 11.5 Å². The summed E-state index contributed by atoms with van der Waals surface area (Å²) in [4.78, 5) is 26.0. The minimum atomic E-state index is -0.460. The minimum Gasteiger partial charge on any atom is -0.288 e. The van der Waals surface area contributed by atoms with E-state index >= 15 is 0 Å². The van der Waals surface area contributed by atoms with Crippen LogP contribution in [0.3, 0.4) is 0 Å². The summed E-state index contributed by atoms with van der Waals surface area (Å²) >= 11 is 1.21. The molecule has 0 unspecified atom stereocenters. The van der Waals surface area contributed by atoms with Crippen LogP contribution in [0.5, 0.6) is 0 Å². The van der Waals surface area contributed by atoms with Crippen molar-refractivity contribution in [3.8, 4) is 0 Å². The van der Waals surface area contributed by atoms with Crippen LogP contribution in [0.25, 0.3) is 0 Å². The first-order chi connectivity index (χ1) is 6.29. The summed E-state index contributed by atoms with van der Waals surface area (Å²) in [5.74, 6) is -0.583. The van der Waals surface area contributed by atoms with Gasteiger partial charge in [-0.3, -0.25) is 14.6 Å². The number of hydrogen-bond donors (Lipinski definition) is 0. The van der Waals surface area contributed by atoms with Crippen LogP contribution in [0.4, 0.5) is 5.69 Å². The van der Waals surface area contributed by atoms with Crippen molar-refractivity contribution in [1.82, 2.24) is 4.98 Å². The number of pyridine rings is 1. The lowest BCUT2D eigenvalue weighted by Gasteiger charge is -2.10. The molecule has 0 N–H and O–H groups in total. The quantitative estimate of drug-likeness (QED) is 0.486. The number of anilines is 1. The maximum Gasteiger partial charge on any atom is 0.305 e. The van der Waals surface area contributed by atoms with Gasteiger partial charge in [0.2, 0.25) is 5.78 Å². The van der Waals surface area contributed by atoms with Gasteiger partial charge in [0.05, 0.1) is 17.6 Å². The molecule has 1 aromatic rings. The van der Waals surface area contributed by atoms with Crippen LogP contribution in [-0.4, -0.2) is 22.4 Å². The zero-order valence-electron chi connectivity index (χ0n) is 6.64. The van der Waals surface area contributed by atoms with Crippen molar-refractivity contribution in [2.75, 3.05) is 10.1 Å². The highest BCUT2D eigenvalue weighted by atomic mass is 32.2. The molecule has 0 spiro atoms. The zero-order chi connectivity index (χ0) is 9.26. The van der Waals surface area contributed by atoms with Gasteiger partial charge in [0.15, 0.2) is 0 Å². The Hall–Kier alpha value is -1.36. The lowest BCUT2D eigenvalue weighted by molar-refractivity contribution is -0.133. The Morgan fingerprint density at radius 1 is 1.46 bits per heavy atom. The average Bonchev–Trinajstić information content (AvgIpc) is 2.49. The lowest BCUT2D eigenvalue weighted by atomic mass is 10.3. The molecule has 0 bridgehead atoms. The predicted octanol–water partition coefficient (Wildman–Crippen LogP) is 0.645. The van der Waals surface area contributed by atoms with Gasteiger partial charge in [-0.2, -0.15) is 0 Å². The van der Waals surface area contributed by atoms with Crippen LogP contribution in [-0.2, 0) is 9.59 Å². The van der Waals surface area contributed by atoms with E-state index in [2.05, 4.69) is 4.98 Å². The number of hydrogen-bond acceptors (Lipinski definition) is 4. The predicted molar refractivity (Wildman–Crippen MR) is 49.2 cm³/mol. The van der Waals surface area contributed by atoms with Crippen LogP contribution >= 0.6 is 11.9 Å². The van der Waals surface area contributed by atoms with Crippen molar-refractivity contribution in [2.45, 2.75) is 0 Å². The van der Waals surface area contributed by atoms with E-state index in [1.54, 1.807) is 24.5 Å². The highest BCUT2D eigenvalue weighted by Gasteiger charge is 2.31. The van der Waals surface area contributed by atoms with Gasteiger partial charge in [-0.25, -0.2) is 4.31 Å². The second-order valence-corrected chi connectivity index (χ2v) is 3.42. The molecule has 0 atom stereocenters. The molecule has 0 radical (unpaired) electrons. The average molecular weight is 194 g/mol. The first kappa shape index (κ1) is 8.25. The number of amides is 1. The van der Waals surface area contributed by atoms with Crippen molar-refractivity contribution in [2.24, 2.45) is 0 Å². The third-order valence-corrected chi connectivity index (χ3v) is 2.65. The standard InChI is InChI=1S/C8H6N2O2S/c11-7-5-13-10(8(7)12)6-2-1-3-9-4-6/h1-4H,5H2. The highest BCUT2D eigenvalue weighted by molar-refractivity contribution is 8.03. The van der Waals surface area contributed by atoms with E-state index in [4.69, 9.17) is 0 Å². The summed E-state index contributed by atoms with van der Waals surface area (Å²) in [6.07, 6.45) is 3.18. The van der Waals surface area contributed by atoms with Gasteiger partial charge >= 0.3 is 5.91 Å². The lowest BCUT2D eigenvalue weighted by Crippen LogP contribution is -2.22. The minimum absolute atomic E-state index is 0.230. The van der Waals surface area contributed by atoms with Crippen LogP contribution in [0, 0.1) is 0 Å². The van der Waals surface area contributed by atoms with E-state index in [0.29, 0.717) is 5.69 Å². The summed E-state index contributed by atoms with van der Waals surface area (Å²) in [6.45, 7) is 0. The topological polar surface area (TPSA) is 50.3 Å². The number of aromatic nitrogens is 1. The normalized spacial score (nSPS) is 16.8. The molecule has 0 saturated carbocycles. The van der Waals surface area contributed by atoms with Crippen molar-refractivity contribution in [1.29, 1.82) is 0 Å². The summed E-state index contributed by atoms with van der Waals surface area (Å²) in [6, 6.07) is 3.47. The van der Waals surface area contributed by atoms with Gasteiger partial charge in [0.1, 0.15) is 0 Å². The van der Waals surface area contributed by atoms with Crippen molar-refractivity contribution >= 4 is 29.3 Å². The molecule has 0 aliphatic carbocycles. The van der Waals surface area contributed by atoms with Gasteiger partial charge in [-0.05, 0) is 24.1 Å². The summed E-state index contributed by atoms with van der Waals surface area (Å²) in [5.41, 5.74) is 0.656. The molecule has 1 amide bonds. The number of carbonyl (C=O) groups excluding carboxylic acids is 2. The fourth-order valence-corrected chi connectivity index (χ4v) is 1.87. The van der Waals surface area contributed by atoms with Crippen molar-refractivity contribution < 1.29 is 9.59 Å². The molecule has 1 fully saturated rings. The van der Waals surface area contributed by atoms with Crippen LogP contribution in [0.15, 0.2) is 24.5 Å². The van der Waals surface area contributed by atoms with Crippen LogP contribution in [0.2, 0.25) is 0 Å². The monoisotopic (exact) mass is 194 g/mol. The largest absolute Gasteiger partial charge is 0.305 e. The molecular weight excluding hydrogens is 188 g/mol. The Morgan fingerprint density at radius 2 is 2.31 bits per heavy atom. The first-order valence-electron chi connectivity index (χ1n) is 3.69. The van der Waals surface area contributed by atoms with E-state index in [0.717, 1.165) is 0 Å². The third kappa shape index (κ3) is 1.42. The third-order valence-electron chi connectivity index (χ3n) is 1.63. The number of carbonyl (C=O) groups is 2. The van der Waals surface area contributed by atoms with E-state index < -0.39 is 5.91 Å². The molecule has 1 aliphatic heterocycles. The molecule has 13 heavy (non-hydrogen) atoms. The fourth-order valence-electron chi connectivity index (χ4n) is 1.02. The number of nitrogens with zero attached hydrogens (tertiary/aromatic N) is 2. The maximum absolute atomic E-state index is 11.2. The number of rotatable bonds is 1. The molecular formula is C8H6N2O2S.